The molecule has 0 fully saturated rings. The van der Waals surface area contributed by atoms with E-state index >= 15 is 0 Å². The van der Waals surface area contributed by atoms with Crippen LogP contribution in [-0.4, -0.2) is 56.1 Å². The van der Waals surface area contributed by atoms with E-state index in [4.69, 9.17) is 0 Å². The van der Waals surface area contributed by atoms with Crippen LogP contribution in [0.4, 0.5) is 0 Å². The molecule has 0 aliphatic rings. The first-order valence-electron chi connectivity index (χ1n) is 3.53. The molecular weight excluding hydrogens is 236 g/mol. The highest BCUT2D eigenvalue weighted by Crippen LogP contribution is 2.09. The van der Waals surface area contributed by atoms with Crippen molar-refractivity contribution in [2.24, 2.45) is 0 Å². The highest BCUT2D eigenvalue weighted by atomic mass is 79.9. The molecular formula is C6H11BrMgN2O2. The zero-order chi connectivity index (χ0) is 9.72. The van der Waals surface area contributed by atoms with Crippen molar-refractivity contribution in [3.8, 4) is 0 Å². The fraction of sp³-hybridized carbons (Fsp3) is 0.667. The lowest BCUT2D eigenvalue weighted by Gasteiger charge is -2.17. The van der Waals surface area contributed by atoms with Gasteiger partial charge in [0.2, 0.25) is 11.8 Å². The molecule has 2 amide bonds. The van der Waals surface area contributed by atoms with Gasteiger partial charge < -0.3 is 23.1 Å². The van der Waals surface area contributed by atoms with E-state index in [0.717, 1.165) is 0 Å². The molecule has 1 atom stereocenters. The zero-order valence-electron chi connectivity index (χ0n) is 7.43. The molecule has 0 rings (SSSR count). The van der Waals surface area contributed by atoms with Gasteiger partial charge in [-0.25, -0.2) is 0 Å². The van der Waals surface area contributed by atoms with E-state index in [-0.39, 0.29) is 11.8 Å². The molecule has 0 spiro atoms. The molecule has 12 heavy (non-hydrogen) atoms. The van der Waals surface area contributed by atoms with Crippen LogP contribution >= 0.6 is 12.9 Å². The first-order chi connectivity index (χ1) is 5.54. The number of nitrogens with zero attached hydrogens (tertiary/aromatic N) is 1. The molecule has 0 aromatic rings. The van der Waals surface area contributed by atoms with Crippen molar-refractivity contribution in [3.63, 3.8) is 0 Å². The van der Waals surface area contributed by atoms with Gasteiger partial charge >= 0.3 is 18.2 Å². The standard InChI is InChI=1S/C6H11N2O2.BrH.Mg/c1-7-5(9)4-6(10)8(2)3;;/h4H,1-3H3,(H,7,9);1H;/q;;+1/p-1. The number of halogens is 1. The predicted molar refractivity (Wildman–Crippen MR) is 51.2 cm³/mol. The van der Waals surface area contributed by atoms with Gasteiger partial charge in [-0.15, -0.1) is 0 Å². The Morgan fingerprint density at radius 3 is 2.25 bits per heavy atom. The summed E-state index contributed by atoms with van der Waals surface area (Å²) >= 11 is 2.45. The summed E-state index contributed by atoms with van der Waals surface area (Å²) in [5.74, 6) is -0.324. The molecule has 0 heterocycles. The van der Waals surface area contributed by atoms with Crippen LogP contribution < -0.4 is 5.32 Å². The third-order valence-corrected chi connectivity index (χ3v) is 4.43. The van der Waals surface area contributed by atoms with Crippen LogP contribution in [0.2, 0.25) is 4.05 Å². The summed E-state index contributed by atoms with van der Waals surface area (Å²) in [5, 5.41) is 2.47. The molecule has 1 unspecified atom stereocenters. The van der Waals surface area contributed by atoms with Gasteiger partial charge in [0, 0.05) is 25.2 Å². The van der Waals surface area contributed by atoms with Crippen LogP contribution in [0.5, 0.6) is 0 Å². The average molecular weight is 247 g/mol. The number of hydrogen-bond donors (Lipinski definition) is 1. The summed E-state index contributed by atoms with van der Waals surface area (Å²) in [6.45, 7) is 0. The van der Waals surface area contributed by atoms with E-state index in [9.17, 15) is 9.59 Å². The van der Waals surface area contributed by atoms with E-state index < -0.39 is 22.2 Å². The van der Waals surface area contributed by atoms with Crippen LogP contribution in [0.3, 0.4) is 0 Å². The van der Waals surface area contributed by atoms with Gasteiger partial charge in [0.15, 0.2) is 0 Å². The molecule has 0 saturated carbocycles. The number of carbonyl (C=O) groups is 2. The van der Waals surface area contributed by atoms with Gasteiger partial charge in [0.1, 0.15) is 0 Å². The largest absolute Gasteiger partial charge is 0.498 e. The quantitative estimate of drug-likeness (QED) is 0.546. The topological polar surface area (TPSA) is 49.4 Å². The Morgan fingerprint density at radius 1 is 1.50 bits per heavy atom. The minimum absolute atomic E-state index is 0.127. The van der Waals surface area contributed by atoms with Crippen LogP contribution in [0.1, 0.15) is 0 Å². The van der Waals surface area contributed by atoms with Crippen molar-refractivity contribution in [1.29, 1.82) is 0 Å². The van der Waals surface area contributed by atoms with Crippen molar-refractivity contribution in [2.45, 2.75) is 4.05 Å². The Bertz CT molecular complexity index is 186. The Labute approximate surface area is 87.6 Å². The van der Waals surface area contributed by atoms with Crippen LogP contribution in [0.25, 0.3) is 0 Å². The lowest BCUT2D eigenvalue weighted by molar-refractivity contribution is -0.133. The number of hydrogen-bond acceptors (Lipinski definition) is 2. The predicted octanol–water partition coefficient (Wildman–Crippen LogP) is -0.377. The highest BCUT2D eigenvalue weighted by Gasteiger charge is 2.27. The maximum absolute atomic E-state index is 11.3. The van der Waals surface area contributed by atoms with Gasteiger partial charge in [-0.2, -0.15) is 0 Å². The second kappa shape index (κ2) is 5.77. The Balaban J connectivity index is 4.34. The molecule has 1 N–H and O–H groups in total. The van der Waals surface area contributed by atoms with E-state index in [1.807, 2.05) is 0 Å². The van der Waals surface area contributed by atoms with E-state index in [1.54, 1.807) is 14.1 Å². The molecule has 0 aromatic heterocycles. The number of nitrogens with one attached hydrogen (secondary N) is 1. The van der Waals surface area contributed by atoms with Crippen molar-refractivity contribution in [3.05, 3.63) is 0 Å². The lowest BCUT2D eigenvalue weighted by atomic mass is 10.3. The molecule has 6 heteroatoms. The van der Waals surface area contributed by atoms with E-state index in [0.29, 0.717) is 0 Å². The smallest absolute Gasteiger partial charge is 0.360 e. The second-order valence-corrected chi connectivity index (χ2v) is 5.62. The summed E-state index contributed by atoms with van der Waals surface area (Å²) in [6, 6.07) is 0. The maximum Gasteiger partial charge on any atom is 0.498 e. The molecule has 4 nitrogen and oxygen atoms in total. The summed E-state index contributed by atoms with van der Waals surface area (Å²) in [4.78, 5) is 23.9. The second-order valence-electron chi connectivity index (χ2n) is 2.55. The summed E-state index contributed by atoms with van der Waals surface area (Å²) < 4.78 is -0.481. The molecule has 0 aliphatic heterocycles. The highest BCUT2D eigenvalue weighted by molar-refractivity contribution is 9.23. The van der Waals surface area contributed by atoms with Crippen molar-refractivity contribution >= 4 is 42.9 Å². The van der Waals surface area contributed by atoms with Crippen LogP contribution in [0, 0.1) is 0 Å². The molecule has 0 radical (unpaired) electrons. The number of amides is 2. The molecule has 0 bridgehead atoms. The molecule has 66 valence electrons. The Morgan fingerprint density at radius 2 is 2.00 bits per heavy atom. The van der Waals surface area contributed by atoms with Gasteiger partial charge in [0.05, 0.1) is 0 Å². The van der Waals surface area contributed by atoms with Crippen molar-refractivity contribution in [1.82, 2.24) is 10.2 Å². The summed E-state index contributed by atoms with van der Waals surface area (Å²) in [6.07, 6.45) is 0. The first kappa shape index (κ1) is 12.2. The Kier molecular flexibility index (Phi) is 5.86. The minimum Gasteiger partial charge on any atom is -0.360 e. The Hall–Kier alpha value is 0.186. The fourth-order valence-corrected chi connectivity index (χ4v) is 3.29. The third kappa shape index (κ3) is 3.28. The van der Waals surface area contributed by atoms with Crippen LogP contribution in [0.15, 0.2) is 0 Å². The van der Waals surface area contributed by atoms with Gasteiger partial charge in [0.25, 0.3) is 0 Å². The van der Waals surface area contributed by atoms with Gasteiger partial charge in [-0.1, -0.05) is 0 Å². The fourth-order valence-electron chi connectivity index (χ4n) is 0.734. The third-order valence-electron chi connectivity index (χ3n) is 1.46. The van der Waals surface area contributed by atoms with E-state index in [1.165, 1.54) is 11.9 Å². The first-order valence-corrected chi connectivity index (χ1v) is 8.24. The van der Waals surface area contributed by atoms with Crippen molar-refractivity contribution < 1.29 is 9.59 Å². The molecule has 0 saturated heterocycles. The SMILES string of the molecule is CNC(=O)[CH]([Mg][Br])C(=O)N(C)C. The summed E-state index contributed by atoms with van der Waals surface area (Å²) in [7, 11) is 4.83. The zero-order valence-corrected chi connectivity index (χ0v) is 10.4. The number of carbonyl (C=O) groups excluding carboxylic acids is 2. The van der Waals surface area contributed by atoms with Crippen molar-refractivity contribution in [2.75, 3.05) is 21.1 Å². The lowest BCUT2D eigenvalue weighted by Crippen LogP contribution is -2.37. The van der Waals surface area contributed by atoms with Gasteiger partial charge in [-0.05, 0) is 0 Å². The summed E-state index contributed by atoms with van der Waals surface area (Å²) in [5.41, 5.74) is 0. The molecule has 0 aliphatic carbocycles. The van der Waals surface area contributed by atoms with Crippen LogP contribution in [-0.2, 0) is 9.59 Å². The number of rotatable bonds is 3. The monoisotopic (exact) mass is 246 g/mol. The maximum atomic E-state index is 11.3. The van der Waals surface area contributed by atoms with E-state index in [2.05, 4.69) is 18.2 Å². The van der Waals surface area contributed by atoms with Gasteiger partial charge in [-0.3, -0.25) is 9.59 Å². The average Bonchev–Trinajstić information content (AvgIpc) is 2.05. The minimum atomic E-state index is -0.811. The normalized spacial score (nSPS) is 11.3. The molecule has 0 aromatic carbocycles.